The standard InChI is InChI=1S/C22H25BrN2O3/c1-15-7-8-16(2)21(17(15)3)28-14-20(26)24-9-11-25(12-10-24)22(27)18-5-4-6-19(23)13-18/h4-8,13H,9-12,14H2,1-3H3. The van der Waals surface area contributed by atoms with Crippen molar-refractivity contribution in [3.8, 4) is 5.75 Å². The topological polar surface area (TPSA) is 49.9 Å². The van der Waals surface area contributed by atoms with Crippen LogP contribution in [0.5, 0.6) is 5.75 Å². The Morgan fingerprint density at radius 1 is 0.964 bits per heavy atom. The van der Waals surface area contributed by atoms with Crippen molar-refractivity contribution < 1.29 is 14.3 Å². The Morgan fingerprint density at radius 2 is 1.61 bits per heavy atom. The molecule has 0 spiro atoms. The van der Waals surface area contributed by atoms with E-state index in [0.29, 0.717) is 31.7 Å². The quantitative estimate of drug-likeness (QED) is 0.721. The number of benzene rings is 2. The van der Waals surface area contributed by atoms with Crippen molar-refractivity contribution in [3.63, 3.8) is 0 Å². The summed E-state index contributed by atoms with van der Waals surface area (Å²) >= 11 is 3.40. The maximum atomic E-state index is 12.6. The summed E-state index contributed by atoms with van der Waals surface area (Å²) < 4.78 is 6.72. The summed E-state index contributed by atoms with van der Waals surface area (Å²) in [5, 5.41) is 0. The summed E-state index contributed by atoms with van der Waals surface area (Å²) in [6.07, 6.45) is 0. The fraction of sp³-hybridized carbons (Fsp3) is 0.364. The van der Waals surface area contributed by atoms with Crippen molar-refractivity contribution in [2.45, 2.75) is 20.8 Å². The van der Waals surface area contributed by atoms with Crippen LogP contribution < -0.4 is 4.74 Å². The zero-order valence-corrected chi connectivity index (χ0v) is 18.1. The van der Waals surface area contributed by atoms with Gasteiger partial charge in [-0.1, -0.05) is 34.1 Å². The van der Waals surface area contributed by atoms with Crippen LogP contribution in [0.2, 0.25) is 0 Å². The average molecular weight is 445 g/mol. The molecule has 2 aromatic rings. The van der Waals surface area contributed by atoms with Crippen LogP contribution in [-0.2, 0) is 4.79 Å². The number of halogens is 1. The number of carbonyl (C=O) groups is 2. The molecule has 28 heavy (non-hydrogen) atoms. The molecular weight excluding hydrogens is 420 g/mol. The van der Waals surface area contributed by atoms with Crippen LogP contribution in [0.1, 0.15) is 27.0 Å². The molecule has 0 bridgehead atoms. The highest BCUT2D eigenvalue weighted by molar-refractivity contribution is 9.10. The van der Waals surface area contributed by atoms with Crippen molar-refractivity contribution in [1.29, 1.82) is 0 Å². The molecule has 148 valence electrons. The van der Waals surface area contributed by atoms with Gasteiger partial charge in [-0.25, -0.2) is 0 Å². The van der Waals surface area contributed by atoms with Crippen molar-refractivity contribution in [2.24, 2.45) is 0 Å². The number of piperazine rings is 1. The predicted molar refractivity (Wildman–Crippen MR) is 113 cm³/mol. The summed E-state index contributed by atoms with van der Waals surface area (Å²) in [5.41, 5.74) is 3.90. The van der Waals surface area contributed by atoms with Crippen molar-refractivity contribution in [3.05, 3.63) is 63.1 Å². The summed E-state index contributed by atoms with van der Waals surface area (Å²) in [6.45, 7) is 8.14. The number of hydrogen-bond acceptors (Lipinski definition) is 3. The minimum absolute atomic E-state index is 0.00402. The Hall–Kier alpha value is -2.34. The maximum Gasteiger partial charge on any atom is 0.260 e. The van der Waals surface area contributed by atoms with Gasteiger partial charge in [0, 0.05) is 36.2 Å². The van der Waals surface area contributed by atoms with Crippen molar-refractivity contribution in [1.82, 2.24) is 9.80 Å². The Labute approximate surface area is 174 Å². The van der Waals surface area contributed by atoms with E-state index in [1.165, 1.54) is 0 Å². The lowest BCUT2D eigenvalue weighted by molar-refractivity contribution is -0.134. The number of nitrogens with zero attached hydrogens (tertiary/aromatic N) is 2. The predicted octanol–water partition coefficient (Wildman–Crippen LogP) is 3.74. The second kappa shape index (κ2) is 8.78. The van der Waals surface area contributed by atoms with Gasteiger partial charge in [-0.3, -0.25) is 9.59 Å². The molecule has 5 nitrogen and oxygen atoms in total. The molecule has 0 unspecified atom stereocenters. The molecule has 1 aliphatic rings. The van der Waals surface area contributed by atoms with Crippen LogP contribution in [0.15, 0.2) is 40.9 Å². The molecule has 6 heteroatoms. The van der Waals surface area contributed by atoms with Crippen LogP contribution in [0.25, 0.3) is 0 Å². The van der Waals surface area contributed by atoms with E-state index in [-0.39, 0.29) is 18.4 Å². The Balaban J connectivity index is 1.54. The number of ether oxygens (including phenoxy) is 1. The van der Waals surface area contributed by atoms with E-state index in [0.717, 1.165) is 26.9 Å². The molecule has 3 rings (SSSR count). The van der Waals surface area contributed by atoms with Gasteiger partial charge >= 0.3 is 0 Å². The average Bonchev–Trinajstić information content (AvgIpc) is 2.70. The van der Waals surface area contributed by atoms with Gasteiger partial charge in [0.25, 0.3) is 11.8 Å². The fourth-order valence-corrected chi connectivity index (χ4v) is 3.74. The van der Waals surface area contributed by atoms with Gasteiger partial charge in [0.15, 0.2) is 6.61 Å². The number of rotatable bonds is 4. The minimum Gasteiger partial charge on any atom is -0.483 e. The smallest absolute Gasteiger partial charge is 0.260 e. The molecule has 0 radical (unpaired) electrons. The van der Waals surface area contributed by atoms with Gasteiger partial charge in [-0.2, -0.15) is 0 Å². The zero-order chi connectivity index (χ0) is 20.3. The van der Waals surface area contributed by atoms with Gasteiger partial charge in [-0.15, -0.1) is 0 Å². The minimum atomic E-state index is -0.0464. The third kappa shape index (κ3) is 4.55. The van der Waals surface area contributed by atoms with E-state index >= 15 is 0 Å². The maximum absolute atomic E-state index is 12.6. The highest BCUT2D eigenvalue weighted by atomic mass is 79.9. The third-order valence-corrected chi connectivity index (χ3v) is 5.70. The molecule has 0 atom stereocenters. The van der Waals surface area contributed by atoms with Crippen LogP contribution in [0, 0.1) is 20.8 Å². The number of carbonyl (C=O) groups excluding carboxylic acids is 2. The number of aryl methyl sites for hydroxylation is 2. The second-order valence-corrected chi connectivity index (χ2v) is 8.04. The third-order valence-electron chi connectivity index (χ3n) is 5.20. The van der Waals surface area contributed by atoms with Gasteiger partial charge in [0.1, 0.15) is 5.75 Å². The van der Waals surface area contributed by atoms with E-state index in [9.17, 15) is 9.59 Å². The largest absolute Gasteiger partial charge is 0.483 e. The SMILES string of the molecule is Cc1ccc(C)c(OCC(=O)N2CCN(C(=O)c3cccc(Br)c3)CC2)c1C. The Bertz CT molecular complexity index is 889. The van der Waals surface area contributed by atoms with E-state index in [1.807, 2.05) is 51.1 Å². The molecule has 2 aromatic carbocycles. The molecule has 1 saturated heterocycles. The molecule has 1 aliphatic heterocycles. The van der Waals surface area contributed by atoms with E-state index < -0.39 is 0 Å². The first-order chi connectivity index (χ1) is 13.4. The highest BCUT2D eigenvalue weighted by Crippen LogP contribution is 2.25. The van der Waals surface area contributed by atoms with Gasteiger partial charge in [-0.05, 0) is 55.7 Å². The van der Waals surface area contributed by atoms with Crippen LogP contribution in [0.4, 0.5) is 0 Å². The lowest BCUT2D eigenvalue weighted by Crippen LogP contribution is -2.51. The molecule has 1 fully saturated rings. The Morgan fingerprint density at radius 3 is 2.29 bits per heavy atom. The highest BCUT2D eigenvalue weighted by Gasteiger charge is 2.25. The van der Waals surface area contributed by atoms with Crippen LogP contribution in [-0.4, -0.2) is 54.4 Å². The Kier molecular flexibility index (Phi) is 6.39. The summed E-state index contributed by atoms with van der Waals surface area (Å²) in [4.78, 5) is 28.7. The first-order valence-electron chi connectivity index (χ1n) is 9.39. The lowest BCUT2D eigenvalue weighted by Gasteiger charge is -2.34. The van der Waals surface area contributed by atoms with Crippen molar-refractivity contribution >= 4 is 27.7 Å². The molecule has 1 heterocycles. The normalized spacial score (nSPS) is 14.1. The first kappa shape index (κ1) is 20.4. The van der Waals surface area contributed by atoms with E-state index in [1.54, 1.807) is 9.80 Å². The molecule has 0 aromatic heterocycles. The second-order valence-electron chi connectivity index (χ2n) is 7.13. The lowest BCUT2D eigenvalue weighted by atomic mass is 10.1. The van der Waals surface area contributed by atoms with E-state index in [2.05, 4.69) is 22.0 Å². The number of hydrogen-bond donors (Lipinski definition) is 0. The molecule has 2 amide bonds. The fourth-order valence-electron chi connectivity index (χ4n) is 3.34. The van der Waals surface area contributed by atoms with Gasteiger partial charge in [0.05, 0.1) is 0 Å². The van der Waals surface area contributed by atoms with Crippen LogP contribution in [0.3, 0.4) is 0 Å². The molecule has 0 N–H and O–H groups in total. The summed E-state index contributed by atoms with van der Waals surface area (Å²) in [5.74, 6) is 0.738. The van der Waals surface area contributed by atoms with Gasteiger partial charge in [0.2, 0.25) is 0 Å². The molecular formula is C22H25BrN2O3. The van der Waals surface area contributed by atoms with E-state index in [4.69, 9.17) is 4.74 Å². The zero-order valence-electron chi connectivity index (χ0n) is 16.5. The number of amides is 2. The molecule has 0 aliphatic carbocycles. The summed E-state index contributed by atoms with van der Waals surface area (Å²) in [6, 6.07) is 11.4. The van der Waals surface area contributed by atoms with Crippen LogP contribution >= 0.6 is 15.9 Å². The molecule has 0 saturated carbocycles. The first-order valence-corrected chi connectivity index (χ1v) is 10.2. The monoisotopic (exact) mass is 444 g/mol. The summed E-state index contributed by atoms with van der Waals surface area (Å²) in [7, 11) is 0. The van der Waals surface area contributed by atoms with Crippen molar-refractivity contribution in [2.75, 3.05) is 32.8 Å². The van der Waals surface area contributed by atoms with Gasteiger partial charge < -0.3 is 14.5 Å².